The van der Waals surface area contributed by atoms with E-state index in [0.717, 1.165) is 12.8 Å². The van der Waals surface area contributed by atoms with Crippen LogP contribution >= 0.6 is 0 Å². The Bertz CT molecular complexity index is 362. The van der Waals surface area contributed by atoms with Crippen LogP contribution in [0.5, 0.6) is 0 Å². The Morgan fingerprint density at radius 2 is 1.94 bits per heavy atom. The van der Waals surface area contributed by atoms with Crippen LogP contribution in [0.25, 0.3) is 0 Å². The quantitative estimate of drug-likeness (QED) is 0.868. The molecule has 3 rings (SSSR count). The van der Waals surface area contributed by atoms with Crippen molar-refractivity contribution >= 4 is 0 Å². The van der Waals surface area contributed by atoms with E-state index in [2.05, 4.69) is 24.3 Å². The van der Waals surface area contributed by atoms with Crippen LogP contribution in [0.1, 0.15) is 31.2 Å². The third-order valence-corrected chi connectivity index (χ3v) is 4.33. The first kappa shape index (κ1) is 11.2. The standard InChI is InChI=1S/C15H20O2/c16-13-8-12-6-7-15(14(12)9-13)17-10-11-4-2-1-3-5-11/h1-5,12-16H,6-10H2/t12-,13+,14+,15-/m1/s1. The topological polar surface area (TPSA) is 29.5 Å². The maximum Gasteiger partial charge on any atom is 0.0720 e. The van der Waals surface area contributed by atoms with Gasteiger partial charge in [0, 0.05) is 0 Å². The summed E-state index contributed by atoms with van der Waals surface area (Å²) in [6, 6.07) is 10.3. The van der Waals surface area contributed by atoms with Crippen molar-refractivity contribution in [2.75, 3.05) is 0 Å². The Morgan fingerprint density at radius 3 is 2.76 bits per heavy atom. The molecule has 1 N–H and O–H groups in total. The normalized spacial score (nSPS) is 36.1. The highest BCUT2D eigenvalue weighted by Crippen LogP contribution is 2.45. The highest BCUT2D eigenvalue weighted by Gasteiger charge is 2.43. The number of rotatable bonds is 3. The van der Waals surface area contributed by atoms with Crippen LogP contribution in [0, 0.1) is 11.8 Å². The molecule has 0 saturated heterocycles. The molecule has 1 aromatic carbocycles. The van der Waals surface area contributed by atoms with Crippen LogP contribution < -0.4 is 0 Å². The Kier molecular flexibility index (Phi) is 3.17. The van der Waals surface area contributed by atoms with E-state index in [1.807, 2.05) is 6.07 Å². The molecule has 0 radical (unpaired) electrons. The van der Waals surface area contributed by atoms with Gasteiger partial charge in [-0.2, -0.15) is 0 Å². The summed E-state index contributed by atoms with van der Waals surface area (Å²) in [7, 11) is 0. The van der Waals surface area contributed by atoms with E-state index in [1.165, 1.54) is 18.4 Å². The first-order chi connectivity index (χ1) is 8.33. The SMILES string of the molecule is O[C@H]1C[C@H]2CC[C@@H](OCc3ccccc3)[C@H]2C1. The van der Waals surface area contributed by atoms with Gasteiger partial charge in [-0.3, -0.25) is 0 Å². The number of aliphatic hydroxyl groups excluding tert-OH is 1. The second-order valence-electron chi connectivity index (χ2n) is 5.46. The lowest BCUT2D eigenvalue weighted by atomic mass is 9.99. The fraction of sp³-hybridized carbons (Fsp3) is 0.600. The average Bonchev–Trinajstić information content (AvgIpc) is 2.87. The predicted octanol–water partition coefficient (Wildman–Crippen LogP) is 2.75. The van der Waals surface area contributed by atoms with Crippen LogP contribution in [0.2, 0.25) is 0 Å². The number of benzene rings is 1. The molecular weight excluding hydrogens is 212 g/mol. The number of aliphatic hydroxyl groups is 1. The smallest absolute Gasteiger partial charge is 0.0720 e. The van der Waals surface area contributed by atoms with Crippen LogP contribution in [0.3, 0.4) is 0 Å². The van der Waals surface area contributed by atoms with Gasteiger partial charge in [-0.25, -0.2) is 0 Å². The van der Waals surface area contributed by atoms with Crippen LogP contribution in [0.15, 0.2) is 30.3 Å². The van der Waals surface area contributed by atoms with E-state index in [9.17, 15) is 5.11 Å². The van der Waals surface area contributed by atoms with Crippen LogP contribution in [-0.2, 0) is 11.3 Å². The molecule has 2 fully saturated rings. The minimum absolute atomic E-state index is 0.0758. The number of hydrogen-bond acceptors (Lipinski definition) is 2. The summed E-state index contributed by atoms with van der Waals surface area (Å²) in [5.41, 5.74) is 1.24. The molecule has 2 heteroatoms. The molecule has 17 heavy (non-hydrogen) atoms. The summed E-state index contributed by atoms with van der Waals surface area (Å²) in [4.78, 5) is 0. The molecule has 2 aliphatic carbocycles. The maximum absolute atomic E-state index is 9.68. The van der Waals surface area contributed by atoms with E-state index in [1.54, 1.807) is 0 Å². The molecule has 0 aromatic heterocycles. The average molecular weight is 232 g/mol. The van der Waals surface area contributed by atoms with Crippen molar-refractivity contribution < 1.29 is 9.84 Å². The van der Waals surface area contributed by atoms with Gasteiger partial charge in [-0.15, -0.1) is 0 Å². The van der Waals surface area contributed by atoms with Gasteiger partial charge < -0.3 is 9.84 Å². The van der Waals surface area contributed by atoms with Crippen molar-refractivity contribution in [1.82, 2.24) is 0 Å². The zero-order chi connectivity index (χ0) is 11.7. The summed E-state index contributed by atoms with van der Waals surface area (Å²) in [5.74, 6) is 1.32. The molecule has 1 aromatic rings. The van der Waals surface area contributed by atoms with Crippen molar-refractivity contribution in [3.63, 3.8) is 0 Å². The molecule has 0 unspecified atom stereocenters. The van der Waals surface area contributed by atoms with Gasteiger partial charge >= 0.3 is 0 Å². The molecule has 4 atom stereocenters. The molecule has 0 bridgehead atoms. The lowest BCUT2D eigenvalue weighted by molar-refractivity contribution is 0.00864. The highest BCUT2D eigenvalue weighted by molar-refractivity contribution is 5.13. The zero-order valence-electron chi connectivity index (χ0n) is 10.1. The van der Waals surface area contributed by atoms with Crippen molar-refractivity contribution in [3.05, 3.63) is 35.9 Å². The minimum Gasteiger partial charge on any atom is -0.393 e. The van der Waals surface area contributed by atoms with Crippen molar-refractivity contribution in [1.29, 1.82) is 0 Å². The molecule has 0 spiro atoms. The van der Waals surface area contributed by atoms with Crippen molar-refractivity contribution in [2.45, 2.75) is 44.5 Å². The fourth-order valence-electron chi connectivity index (χ4n) is 3.49. The molecule has 0 heterocycles. The van der Waals surface area contributed by atoms with Gasteiger partial charge in [0.25, 0.3) is 0 Å². The lowest BCUT2D eigenvalue weighted by Gasteiger charge is -2.19. The maximum atomic E-state index is 9.68. The predicted molar refractivity (Wildman–Crippen MR) is 66.5 cm³/mol. The first-order valence-electron chi connectivity index (χ1n) is 6.66. The number of hydrogen-bond donors (Lipinski definition) is 1. The van der Waals surface area contributed by atoms with Crippen LogP contribution in [0.4, 0.5) is 0 Å². The van der Waals surface area contributed by atoms with Gasteiger partial charge in [-0.1, -0.05) is 30.3 Å². The molecule has 2 saturated carbocycles. The van der Waals surface area contributed by atoms with Crippen molar-refractivity contribution in [3.8, 4) is 0 Å². The Balaban J connectivity index is 1.56. The van der Waals surface area contributed by atoms with E-state index in [4.69, 9.17) is 4.74 Å². The molecule has 2 aliphatic rings. The Labute approximate surface area is 103 Å². The lowest BCUT2D eigenvalue weighted by Crippen LogP contribution is -2.19. The largest absolute Gasteiger partial charge is 0.393 e. The summed E-state index contributed by atoms with van der Waals surface area (Å²) in [6.07, 6.45) is 4.65. The molecule has 0 aliphatic heterocycles. The summed E-state index contributed by atoms with van der Waals surface area (Å²) < 4.78 is 6.04. The van der Waals surface area contributed by atoms with Gasteiger partial charge in [0.15, 0.2) is 0 Å². The van der Waals surface area contributed by atoms with Crippen molar-refractivity contribution in [2.24, 2.45) is 11.8 Å². The van der Waals surface area contributed by atoms with Crippen LogP contribution in [-0.4, -0.2) is 17.3 Å². The van der Waals surface area contributed by atoms with Gasteiger partial charge in [-0.05, 0) is 43.1 Å². The van der Waals surface area contributed by atoms with Gasteiger partial charge in [0.1, 0.15) is 0 Å². The number of ether oxygens (including phenoxy) is 1. The number of fused-ring (bicyclic) bond motifs is 1. The van der Waals surface area contributed by atoms with Gasteiger partial charge in [0.05, 0.1) is 18.8 Å². The first-order valence-corrected chi connectivity index (χ1v) is 6.66. The fourth-order valence-corrected chi connectivity index (χ4v) is 3.49. The molecule has 2 nitrogen and oxygen atoms in total. The second kappa shape index (κ2) is 4.79. The Hall–Kier alpha value is -0.860. The van der Waals surface area contributed by atoms with E-state index in [0.29, 0.717) is 24.5 Å². The molecule has 0 amide bonds. The third kappa shape index (κ3) is 2.38. The zero-order valence-corrected chi connectivity index (χ0v) is 10.1. The summed E-state index contributed by atoms with van der Waals surface area (Å²) in [6.45, 7) is 0.713. The minimum atomic E-state index is -0.0758. The monoisotopic (exact) mass is 232 g/mol. The van der Waals surface area contributed by atoms with Gasteiger partial charge in [0.2, 0.25) is 0 Å². The Morgan fingerprint density at radius 1 is 1.12 bits per heavy atom. The summed E-state index contributed by atoms with van der Waals surface area (Å²) >= 11 is 0. The van der Waals surface area contributed by atoms with E-state index < -0.39 is 0 Å². The van der Waals surface area contributed by atoms with E-state index in [-0.39, 0.29) is 6.10 Å². The van der Waals surface area contributed by atoms with E-state index >= 15 is 0 Å². The molecule has 92 valence electrons. The summed E-state index contributed by atoms with van der Waals surface area (Å²) in [5, 5.41) is 9.68. The molecular formula is C15H20O2. The highest BCUT2D eigenvalue weighted by atomic mass is 16.5. The third-order valence-electron chi connectivity index (χ3n) is 4.33. The second-order valence-corrected chi connectivity index (χ2v) is 5.46.